The quantitative estimate of drug-likeness (QED) is 0.668. The van der Waals surface area contributed by atoms with Crippen molar-refractivity contribution in [2.75, 3.05) is 13.1 Å². The molecule has 0 unspecified atom stereocenters. The minimum Gasteiger partial charge on any atom is -0.393 e. The summed E-state index contributed by atoms with van der Waals surface area (Å²) in [6, 6.07) is 0. The highest BCUT2D eigenvalue weighted by molar-refractivity contribution is 7.80. The average Bonchev–Trinajstić information content (AvgIpc) is 2.16. The molecule has 16 heavy (non-hydrogen) atoms. The monoisotopic (exact) mass is 243 g/mol. The van der Waals surface area contributed by atoms with Crippen molar-refractivity contribution < 1.29 is 9.59 Å². The van der Waals surface area contributed by atoms with Crippen molar-refractivity contribution in [3.63, 3.8) is 0 Å². The van der Waals surface area contributed by atoms with Crippen molar-refractivity contribution in [1.29, 1.82) is 0 Å². The predicted molar refractivity (Wildman–Crippen MR) is 64.5 cm³/mol. The third-order valence-corrected chi connectivity index (χ3v) is 2.93. The van der Waals surface area contributed by atoms with Crippen LogP contribution in [0.3, 0.4) is 0 Å². The third-order valence-electron chi connectivity index (χ3n) is 2.78. The molecule has 1 fully saturated rings. The lowest BCUT2D eigenvalue weighted by atomic mass is 9.93. The Bertz CT molecular complexity index is 298. The van der Waals surface area contributed by atoms with Crippen LogP contribution in [-0.4, -0.2) is 34.8 Å². The lowest BCUT2D eigenvalue weighted by Crippen LogP contribution is -2.40. The first kappa shape index (κ1) is 12.9. The number of likely N-dealkylation sites (tertiary alicyclic amines) is 1. The Kier molecular flexibility index (Phi) is 4.67. The van der Waals surface area contributed by atoms with E-state index in [1.54, 1.807) is 4.90 Å². The zero-order valence-corrected chi connectivity index (χ0v) is 9.96. The first-order chi connectivity index (χ1) is 7.49. The molecule has 0 aliphatic carbocycles. The second-order valence-electron chi connectivity index (χ2n) is 4.14. The summed E-state index contributed by atoms with van der Waals surface area (Å²) < 4.78 is 0. The van der Waals surface area contributed by atoms with Crippen LogP contribution < -0.4 is 11.5 Å². The molecule has 1 saturated heterocycles. The third kappa shape index (κ3) is 4.14. The molecule has 0 aromatic heterocycles. The highest BCUT2D eigenvalue weighted by Gasteiger charge is 2.23. The second kappa shape index (κ2) is 5.79. The Morgan fingerprint density at radius 3 is 2.25 bits per heavy atom. The smallest absolute Gasteiger partial charge is 0.229 e. The maximum Gasteiger partial charge on any atom is 0.229 e. The molecule has 4 N–H and O–H groups in total. The van der Waals surface area contributed by atoms with Gasteiger partial charge in [-0.05, 0) is 18.8 Å². The van der Waals surface area contributed by atoms with Crippen LogP contribution in [0.5, 0.6) is 0 Å². The van der Waals surface area contributed by atoms with Gasteiger partial charge < -0.3 is 16.4 Å². The van der Waals surface area contributed by atoms with E-state index < -0.39 is 0 Å². The lowest BCUT2D eigenvalue weighted by Gasteiger charge is -2.31. The van der Waals surface area contributed by atoms with Gasteiger partial charge >= 0.3 is 0 Å². The second-order valence-corrected chi connectivity index (χ2v) is 4.66. The Morgan fingerprint density at radius 1 is 1.25 bits per heavy atom. The summed E-state index contributed by atoms with van der Waals surface area (Å²) in [7, 11) is 0. The van der Waals surface area contributed by atoms with Crippen LogP contribution in [0, 0.1) is 5.92 Å². The normalized spacial score (nSPS) is 17.1. The SMILES string of the molecule is NC(=O)CC1CCN(C(=O)CC(N)=S)CC1. The van der Waals surface area contributed by atoms with Gasteiger partial charge in [0.1, 0.15) is 0 Å². The molecule has 6 heteroatoms. The van der Waals surface area contributed by atoms with Gasteiger partial charge in [-0.3, -0.25) is 9.59 Å². The van der Waals surface area contributed by atoms with E-state index in [4.69, 9.17) is 23.7 Å². The molecule has 1 aliphatic rings. The Labute approximate surface area is 100 Å². The number of carbonyl (C=O) groups excluding carboxylic acids is 2. The molecule has 0 radical (unpaired) electrons. The number of primary amides is 1. The van der Waals surface area contributed by atoms with Crippen LogP contribution in [0.15, 0.2) is 0 Å². The molecule has 5 nitrogen and oxygen atoms in total. The molecular formula is C10H17N3O2S. The maximum absolute atomic E-state index is 11.6. The molecule has 1 heterocycles. The molecule has 1 rings (SSSR count). The standard InChI is InChI=1S/C10H17N3O2S/c11-8(14)5-7-1-3-13(4-2-7)10(15)6-9(12)16/h7H,1-6H2,(H2,11,14)(H2,12,16). The number of piperidine rings is 1. The van der Waals surface area contributed by atoms with Crippen LogP contribution in [-0.2, 0) is 9.59 Å². The van der Waals surface area contributed by atoms with Crippen LogP contribution in [0.4, 0.5) is 0 Å². The first-order valence-corrected chi connectivity index (χ1v) is 5.74. The van der Waals surface area contributed by atoms with Gasteiger partial charge in [0.2, 0.25) is 11.8 Å². The number of hydrogen-bond acceptors (Lipinski definition) is 3. The summed E-state index contributed by atoms with van der Waals surface area (Å²) in [5, 5.41) is 0. The van der Waals surface area contributed by atoms with Crippen LogP contribution >= 0.6 is 12.2 Å². The first-order valence-electron chi connectivity index (χ1n) is 5.33. The minimum atomic E-state index is -0.270. The number of nitrogens with two attached hydrogens (primary N) is 2. The van der Waals surface area contributed by atoms with Crippen LogP contribution in [0.25, 0.3) is 0 Å². The van der Waals surface area contributed by atoms with Crippen molar-refractivity contribution in [1.82, 2.24) is 4.90 Å². The Morgan fingerprint density at radius 2 is 1.81 bits per heavy atom. The van der Waals surface area contributed by atoms with E-state index in [-0.39, 0.29) is 23.2 Å². The summed E-state index contributed by atoms with van der Waals surface area (Å²) in [6.07, 6.45) is 2.20. The molecule has 0 aromatic rings. The van der Waals surface area contributed by atoms with E-state index in [0.717, 1.165) is 12.8 Å². The molecule has 0 atom stereocenters. The van der Waals surface area contributed by atoms with Crippen LogP contribution in [0.1, 0.15) is 25.7 Å². The molecule has 0 spiro atoms. The van der Waals surface area contributed by atoms with E-state index in [1.807, 2.05) is 0 Å². The zero-order chi connectivity index (χ0) is 12.1. The molecule has 1 aliphatic heterocycles. The lowest BCUT2D eigenvalue weighted by molar-refractivity contribution is -0.131. The van der Waals surface area contributed by atoms with E-state index in [0.29, 0.717) is 25.4 Å². The summed E-state index contributed by atoms with van der Waals surface area (Å²) >= 11 is 4.69. The van der Waals surface area contributed by atoms with Gasteiger partial charge in [-0.15, -0.1) is 0 Å². The molecule has 90 valence electrons. The van der Waals surface area contributed by atoms with Crippen molar-refractivity contribution in [2.24, 2.45) is 17.4 Å². The van der Waals surface area contributed by atoms with Gasteiger partial charge in [-0.2, -0.15) is 0 Å². The average molecular weight is 243 g/mol. The Balaban J connectivity index is 2.34. The fraction of sp³-hybridized carbons (Fsp3) is 0.700. The van der Waals surface area contributed by atoms with E-state index in [2.05, 4.69) is 0 Å². The highest BCUT2D eigenvalue weighted by Crippen LogP contribution is 2.20. The molecule has 0 bridgehead atoms. The predicted octanol–water partition coefficient (Wildman–Crippen LogP) is -0.223. The minimum absolute atomic E-state index is 0.0231. The van der Waals surface area contributed by atoms with Gasteiger partial charge in [0.05, 0.1) is 11.4 Å². The number of rotatable bonds is 4. The van der Waals surface area contributed by atoms with Crippen molar-refractivity contribution in [3.8, 4) is 0 Å². The maximum atomic E-state index is 11.6. The fourth-order valence-corrected chi connectivity index (χ4v) is 2.06. The molecular weight excluding hydrogens is 226 g/mol. The summed E-state index contributed by atoms with van der Waals surface area (Å²) in [6.45, 7) is 1.33. The highest BCUT2D eigenvalue weighted by atomic mass is 32.1. The van der Waals surface area contributed by atoms with Gasteiger partial charge in [0.25, 0.3) is 0 Å². The van der Waals surface area contributed by atoms with Gasteiger partial charge in [-0.1, -0.05) is 12.2 Å². The van der Waals surface area contributed by atoms with Gasteiger partial charge in [0, 0.05) is 19.5 Å². The van der Waals surface area contributed by atoms with E-state index >= 15 is 0 Å². The topological polar surface area (TPSA) is 89.4 Å². The summed E-state index contributed by atoms with van der Waals surface area (Å²) in [5.74, 6) is 0.0179. The summed E-state index contributed by atoms with van der Waals surface area (Å²) in [4.78, 5) is 24.3. The number of carbonyl (C=O) groups is 2. The van der Waals surface area contributed by atoms with E-state index in [1.165, 1.54) is 0 Å². The molecule has 0 aromatic carbocycles. The van der Waals surface area contributed by atoms with Crippen LogP contribution in [0.2, 0.25) is 0 Å². The van der Waals surface area contributed by atoms with E-state index in [9.17, 15) is 9.59 Å². The fourth-order valence-electron chi connectivity index (χ4n) is 1.93. The Hall–Kier alpha value is -1.17. The van der Waals surface area contributed by atoms with Crippen molar-refractivity contribution >= 4 is 29.0 Å². The number of nitrogens with zero attached hydrogens (tertiary/aromatic N) is 1. The molecule has 2 amide bonds. The number of hydrogen-bond donors (Lipinski definition) is 2. The van der Waals surface area contributed by atoms with Crippen molar-refractivity contribution in [2.45, 2.75) is 25.7 Å². The largest absolute Gasteiger partial charge is 0.393 e. The van der Waals surface area contributed by atoms with Crippen molar-refractivity contribution in [3.05, 3.63) is 0 Å². The molecule has 0 saturated carbocycles. The van der Waals surface area contributed by atoms with Gasteiger partial charge in [0.15, 0.2) is 0 Å². The summed E-state index contributed by atoms with van der Waals surface area (Å²) in [5.41, 5.74) is 10.4. The zero-order valence-electron chi connectivity index (χ0n) is 9.15. The number of thiocarbonyl (C=S) groups is 1. The van der Waals surface area contributed by atoms with Gasteiger partial charge in [-0.25, -0.2) is 0 Å². The number of amides is 2.